The highest BCUT2D eigenvalue weighted by Crippen LogP contribution is 2.37. The Labute approximate surface area is 373 Å². The van der Waals surface area contributed by atoms with E-state index >= 15 is 0 Å². The minimum Gasteiger partial charge on any atom is -0.497 e. The number of carbonyl (C=O) groups excluding carboxylic acids is 4. The number of halogens is 4. The fourth-order valence-electron chi connectivity index (χ4n) is 7.09. The SMILES string of the molecule is C=C1NC=Cc2c1cccc2-n1ncc(C(=O)Nc2cc(OC)cc(OCC(=O)NCCn3nc(N)c(C(N)=O)c3-c3ccc(CNC(=O)c4cc(F)ccc4OC)cc3)c2)c1C(F)(F)F. The maximum Gasteiger partial charge on any atom is 0.434 e. The van der Waals surface area contributed by atoms with E-state index in [2.05, 4.69) is 38.0 Å². The predicted octanol–water partition coefficient (Wildman–Crippen LogP) is 5.51. The normalized spacial score (nSPS) is 11.9. The average molecular weight is 909 g/mol. The molecule has 7 rings (SSSR count). The van der Waals surface area contributed by atoms with E-state index in [4.69, 9.17) is 25.7 Å². The van der Waals surface area contributed by atoms with Gasteiger partial charge in [-0.15, -0.1) is 0 Å². The third-order valence-corrected chi connectivity index (χ3v) is 10.1. The molecule has 0 bridgehead atoms. The quantitative estimate of drug-likeness (QED) is 0.0663. The summed E-state index contributed by atoms with van der Waals surface area (Å²) in [5, 5.41) is 18.9. The Balaban J connectivity index is 0.989. The number of aromatic nitrogens is 4. The van der Waals surface area contributed by atoms with Crippen LogP contribution in [0.4, 0.5) is 29.1 Å². The van der Waals surface area contributed by atoms with Gasteiger partial charge in [-0.25, -0.2) is 9.07 Å². The van der Waals surface area contributed by atoms with E-state index in [9.17, 15) is 36.7 Å². The zero-order valence-corrected chi connectivity index (χ0v) is 35.1. The Hall–Kier alpha value is -8.62. The van der Waals surface area contributed by atoms with Crippen molar-refractivity contribution < 1.29 is 51.0 Å². The number of fused-ring (bicyclic) bond motifs is 1. The fraction of sp³-hybridized carbons (Fsp3) is 0.156. The number of anilines is 2. The molecule has 8 N–H and O–H groups in total. The summed E-state index contributed by atoms with van der Waals surface area (Å²) in [6.45, 7) is 3.43. The summed E-state index contributed by atoms with van der Waals surface area (Å²) in [6.07, 6.45) is -1.06. The van der Waals surface area contributed by atoms with Crippen molar-refractivity contribution in [1.82, 2.24) is 35.5 Å². The van der Waals surface area contributed by atoms with Gasteiger partial charge in [-0.1, -0.05) is 43.0 Å². The van der Waals surface area contributed by atoms with Gasteiger partial charge in [0.05, 0.1) is 49.5 Å². The van der Waals surface area contributed by atoms with E-state index in [0.717, 1.165) is 12.3 Å². The van der Waals surface area contributed by atoms with Crippen LogP contribution < -0.4 is 46.9 Å². The van der Waals surface area contributed by atoms with Gasteiger partial charge < -0.3 is 46.9 Å². The molecule has 66 heavy (non-hydrogen) atoms. The molecule has 0 unspecified atom stereocenters. The lowest BCUT2D eigenvalue weighted by Gasteiger charge is -2.20. The molecule has 21 heteroatoms. The Morgan fingerprint density at radius 3 is 2.38 bits per heavy atom. The maximum absolute atomic E-state index is 14.6. The van der Waals surface area contributed by atoms with Gasteiger partial charge in [0, 0.05) is 65.6 Å². The molecule has 0 fully saturated rings. The van der Waals surface area contributed by atoms with E-state index < -0.39 is 53.5 Å². The lowest BCUT2D eigenvalue weighted by atomic mass is 10.0. The molecule has 0 saturated carbocycles. The number of hydrogen-bond donors (Lipinski definition) is 6. The molecule has 4 amide bonds. The zero-order valence-electron chi connectivity index (χ0n) is 35.1. The topological polar surface area (TPSA) is 232 Å². The van der Waals surface area contributed by atoms with Crippen LogP contribution in [0.1, 0.15) is 53.5 Å². The van der Waals surface area contributed by atoms with Gasteiger partial charge in [-0.2, -0.15) is 23.4 Å². The Bertz CT molecular complexity index is 2910. The number of methoxy groups -OCH3 is 2. The zero-order chi connectivity index (χ0) is 47.3. The van der Waals surface area contributed by atoms with Crippen LogP contribution in [-0.4, -0.2) is 70.6 Å². The van der Waals surface area contributed by atoms with Gasteiger partial charge in [-0.3, -0.25) is 23.9 Å². The smallest absolute Gasteiger partial charge is 0.434 e. The van der Waals surface area contributed by atoms with Crippen LogP contribution in [0.5, 0.6) is 17.2 Å². The third-order valence-electron chi connectivity index (χ3n) is 10.1. The summed E-state index contributed by atoms with van der Waals surface area (Å²) in [5.74, 6) is -3.47. The Kier molecular flexibility index (Phi) is 13.1. The highest BCUT2D eigenvalue weighted by atomic mass is 19.4. The third kappa shape index (κ3) is 9.78. The maximum atomic E-state index is 14.6. The van der Waals surface area contributed by atoms with Crippen molar-refractivity contribution >= 4 is 46.9 Å². The number of nitrogens with one attached hydrogen (secondary N) is 4. The van der Waals surface area contributed by atoms with E-state index in [-0.39, 0.29) is 70.9 Å². The number of rotatable bonds is 16. The number of alkyl halides is 3. The highest BCUT2D eigenvalue weighted by Gasteiger charge is 2.41. The van der Waals surface area contributed by atoms with Gasteiger partial charge in [0.2, 0.25) is 0 Å². The lowest BCUT2D eigenvalue weighted by molar-refractivity contribution is -0.143. The van der Waals surface area contributed by atoms with Gasteiger partial charge >= 0.3 is 6.18 Å². The summed E-state index contributed by atoms with van der Waals surface area (Å²) in [4.78, 5) is 51.7. The highest BCUT2D eigenvalue weighted by molar-refractivity contribution is 6.05. The van der Waals surface area contributed by atoms with Crippen molar-refractivity contribution in [3.05, 3.63) is 143 Å². The molecule has 2 aromatic heterocycles. The molecule has 0 saturated heterocycles. The van der Waals surface area contributed by atoms with E-state index in [1.54, 1.807) is 42.5 Å². The molecule has 0 atom stereocenters. The molecule has 6 aromatic rings. The van der Waals surface area contributed by atoms with Crippen LogP contribution in [0.25, 0.3) is 28.7 Å². The molecular formula is C45H40F4N10O7. The van der Waals surface area contributed by atoms with Gasteiger partial charge in [0.15, 0.2) is 18.1 Å². The van der Waals surface area contributed by atoms with Crippen molar-refractivity contribution in [3.8, 4) is 34.2 Å². The van der Waals surface area contributed by atoms with Gasteiger partial charge in [-0.05, 0) is 35.9 Å². The van der Waals surface area contributed by atoms with Crippen LogP contribution in [0.3, 0.4) is 0 Å². The number of ether oxygens (including phenoxy) is 3. The second kappa shape index (κ2) is 19.0. The molecule has 0 aliphatic carbocycles. The van der Waals surface area contributed by atoms with Gasteiger partial charge in [0.1, 0.15) is 28.6 Å². The summed E-state index contributed by atoms with van der Waals surface area (Å²) < 4.78 is 75.9. The first-order valence-electron chi connectivity index (χ1n) is 19.7. The standard InChI is InChI=1S/C45H40F4N10O7/c1-24-31-5-4-6-35(32(31)13-14-52-24)59-40(45(47,48)49)34(22-55-59)44(63)56-28-18-29(64-2)20-30(19-28)66-23-37(60)53-15-16-58-39(38(42(51)61)41(50)57-58)26-9-7-25(8-10-26)21-54-43(62)33-17-27(46)11-12-36(33)65-3/h4-14,17-20,22,52H,1,15-16,21,23H2,2-3H3,(H2,50,57)(H2,51,61)(H,53,60)(H,54,62)(H,56,63). The first kappa shape index (κ1) is 45.4. The number of benzene rings is 4. The predicted molar refractivity (Wildman–Crippen MR) is 234 cm³/mol. The number of nitrogen functional groups attached to an aromatic ring is 1. The molecule has 0 spiro atoms. The lowest BCUT2D eigenvalue weighted by Crippen LogP contribution is -2.32. The van der Waals surface area contributed by atoms with Crippen molar-refractivity contribution in [2.75, 3.05) is 38.4 Å². The molecule has 17 nitrogen and oxygen atoms in total. The number of nitrogens with two attached hydrogens (primary N) is 2. The van der Waals surface area contributed by atoms with Crippen LogP contribution >= 0.6 is 0 Å². The van der Waals surface area contributed by atoms with Gasteiger partial charge in [0.25, 0.3) is 23.6 Å². The Morgan fingerprint density at radius 1 is 0.909 bits per heavy atom. The molecule has 0 radical (unpaired) electrons. The minimum atomic E-state index is -5.00. The summed E-state index contributed by atoms with van der Waals surface area (Å²) >= 11 is 0. The molecule has 1 aliphatic heterocycles. The van der Waals surface area contributed by atoms with Crippen LogP contribution in [0.15, 0.2) is 97.8 Å². The molecule has 340 valence electrons. The number of carbonyl (C=O) groups is 4. The van der Waals surface area contributed by atoms with E-state index in [1.165, 1.54) is 61.5 Å². The number of nitrogens with zero attached hydrogens (tertiary/aromatic N) is 4. The molecular weight excluding hydrogens is 869 g/mol. The van der Waals surface area contributed by atoms with Crippen LogP contribution in [0, 0.1) is 5.82 Å². The van der Waals surface area contributed by atoms with Crippen molar-refractivity contribution in [2.45, 2.75) is 19.3 Å². The van der Waals surface area contributed by atoms with Crippen molar-refractivity contribution in [3.63, 3.8) is 0 Å². The number of primary amides is 1. The second-order valence-corrected chi connectivity index (χ2v) is 14.4. The van der Waals surface area contributed by atoms with Crippen molar-refractivity contribution in [1.29, 1.82) is 0 Å². The molecule has 4 aromatic carbocycles. The number of hydrogen-bond acceptors (Lipinski definition) is 11. The summed E-state index contributed by atoms with van der Waals surface area (Å²) in [7, 11) is 2.69. The fourth-order valence-corrected chi connectivity index (χ4v) is 7.09. The van der Waals surface area contributed by atoms with Crippen LogP contribution in [0.2, 0.25) is 0 Å². The summed E-state index contributed by atoms with van der Waals surface area (Å²) in [5.41, 5.74) is 12.6. The van der Waals surface area contributed by atoms with Crippen molar-refractivity contribution in [2.24, 2.45) is 5.73 Å². The number of amides is 4. The van der Waals surface area contributed by atoms with E-state index in [1.807, 2.05) is 0 Å². The second-order valence-electron chi connectivity index (χ2n) is 14.4. The average Bonchev–Trinajstić information content (AvgIpc) is 3.89. The Morgan fingerprint density at radius 2 is 1.67 bits per heavy atom. The minimum absolute atomic E-state index is 0.00518. The summed E-state index contributed by atoms with van der Waals surface area (Å²) in [6, 6.07) is 19.0. The first-order chi connectivity index (χ1) is 31.6. The van der Waals surface area contributed by atoms with E-state index in [0.29, 0.717) is 32.6 Å². The monoisotopic (exact) mass is 908 g/mol. The van der Waals surface area contributed by atoms with Crippen LogP contribution in [-0.2, 0) is 24.1 Å². The largest absolute Gasteiger partial charge is 0.497 e. The molecule has 3 heterocycles. The first-order valence-corrected chi connectivity index (χ1v) is 19.7. The molecule has 1 aliphatic rings.